The molecule has 0 fully saturated rings. The zero-order valence-electron chi connectivity index (χ0n) is 4.72. The number of hydrogen-bond donors (Lipinski definition) is 2. The molecular weight excluding hydrogens is 103 g/mol. The number of unbranched alkanes of at least 4 members (excludes halogenated alkanes) is 1. The van der Waals surface area contributed by atoms with Crippen LogP contribution in [-0.2, 0) is 0 Å². The fourth-order valence-electron chi connectivity index (χ4n) is 0.224. The third-order valence-corrected chi connectivity index (χ3v) is 0.566. The summed E-state index contributed by atoms with van der Waals surface area (Å²) in [6.45, 7) is 0.390. The van der Waals surface area contributed by atoms with E-state index in [0.29, 0.717) is 0 Å². The maximum absolute atomic E-state index is 8.09. The molecule has 0 atom stereocenters. The van der Waals surface area contributed by atoms with Crippen molar-refractivity contribution in [1.82, 2.24) is 0 Å². The van der Waals surface area contributed by atoms with Crippen molar-refractivity contribution in [2.45, 2.75) is 12.8 Å². The van der Waals surface area contributed by atoms with Crippen molar-refractivity contribution in [1.29, 1.82) is 0 Å². The number of hydrogen-bond acceptors (Lipinski definition) is 2. The molecule has 0 amide bonds. The van der Waals surface area contributed by atoms with Gasteiger partial charge >= 0.3 is 0 Å². The first-order valence-electron chi connectivity index (χ1n) is 2.13. The monoisotopic (exact) mass is 113 g/mol. The van der Waals surface area contributed by atoms with Gasteiger partial charge in [-0.05, 0) is 12.8 Å². The van der Waals surface area contributed by atoms with Crippen LogP contribution in [0.25, 0.3) is 0 Å². The van der Waals surface area contributed by atoms with Gasteiger partial charge in [0, 0.05) is 42.8 Å². The van der Waals surface area contributed by atoms with Crippen LogP contribution in [0.15, 0.2) is 0 Å². The van der Waals surface area contributed by atoms with E-state index >= 15 is 0 Å². The molecule has 0 saturated heterocycles. The van der Waals surface area contributed by atoms with Crippen molar-refractivity contribution in [2.75, 3.05) is 13.2 Å². The SMILES string of the molecule is OCCCCO.[Na]. The van der Waals surface area contributed by atoms with Gasteiger partial charge in [-0.3, -0.25) is 0 Å². The van der Waals surface area contributed by atoms with Crippen molar-refractivity contribution in [2.24, 2.45) is 0 Å². The molecule has 2 N–H and O–H groups in total. The second-order valence-electron chi connectivity index (χ2n) is 1.15. The predicted octanol–water partition coefficient (Wildman–Crippen LogP) is -0.630. The quantitative estimate of drug-likeness (QED) is 0.378. The van der Waals surface area contributed by atoms with Gasteiger partial charge in [0.05, 0.1) is 0 Å². The summed E-state index contributed by atoms with van der Waals surface area (Å²) in [5.74, 6) is 0. The van der Waals surface area contributed by atoms with Gasteiger partial charge in [-0.1, -0.05) is 0 Å². The Labute approximate surface area is 65.8 Å². The van der Waals surface area contributed by atoms with E-state index in [0.717, 1.165) is 12.8 Å². The maximum Gasteiger partial charge on any atom is 0.0431 e. The second-order valence-corrected chi connectivity index (χ2v) is 1.15. The molecule has 0 rings (SSSR count). The number of aliphatic hydroxyl groups excluding tert-OH is 2. The van der Waals surface area contributed by atoms with Gasteiger partial charge in [0.15, 0.2) is 0 Å². The van der Waals surface area contributed by atoms with E-state index in [1.165, 1.54) is 0 Å². The third-order valence-electron chi connectivity index (χ3n) is 0.566. The van der Waals surface area contributed by atoms with Gasteiger partial charge in [0.2, 0.25) is 0 Å². The van der Waals surface area contributed by atoms with Gasteiger partial charge in [0.1, 0.15) is 0 Å². The molecule has 0 aliphatic heterocycles. The number of aliphatic hydroxyl groups is 2. The zero-order chi connectivity index (χ0) is 4.83. The summed E-state index contributed by atoms with van der Waals surface area (Å²) >= 11 is 0. The summed E-state index contributed by atoms with van der Waals surface area (Å²) < 4.78 is 0. The van der Waals surface area contributed by atoms with Gasteiger partial charge in [0.25, 0.3) is 0 Å². The fraction of sp³-hybridized carbons (Fsp3) is 1.00. The second kappa shape index (κ2) is 10.0. The molecule has 2 nitrogen and oxygen atoms in total. The van der Waals surface area contributed by atoms with E-state index in [1.54, 1.807) is 0 Å². The molecule has 39 valence electrons. The Balaban J connectivity index is 0. The van der Waals surface area contributed by atoms with Crippen LogP contribution in [0.4, 0.5) is 0 Å². The maximum atomic E-state index is 8.09. The fourth-order valence-corrected chi connectivity index (χ4v) is 0.224. The molecule has 0 aliphatic rings. The number of rotatable bonds is 3. The molecule has 0 aromatic rings. The molecule has 0 unspecified atom stereocenters. The summed E-state index contributed by atoms with van der Waals surface area (Å²) in [7, 11) is 0. The van der Waals surface area contributed by atoms with Crippen molar-refractivity contribution in [3.8, 4) is 0 Å². The molecule has 0 aliphatic carbocycles. The van der Waals surface area contributed by atoms with Crippen LogP contribution in [0, 0.1) is 0 Å². The summed E-state index contributed by atoms with van der Waals surface area (Å²) in [6.07, 6.45) is 1.44. The Bertz CT molecular complexity index is 21.7. The van der Waals surface area contributed by atoms with Crippen LogP contribution in [0.1, 0.15) is 12.8 Å². The summed E-state index contributed by atoms with van der Waals surface area (Å²) in [4.78, 5) is 0. The van der Waals surface area contributed by atoms with Crippen molar-refractivity contribution in [3.05, 3.63) is 0 Å². The Hall–Kier alpha value is 0.920. The molecule has 0 aromatic carbocycles. The first kappa shape index (κ1) is 10.8. The van der Waals surface area contributed by atoms with Crippen LogP contribution in [-0.4, -0.2) is 53.0 Å². The molecule has 0 bridgehead atoms. The van der Waals surface area contributed by atoms with E-state index in [-0.39, 0.29) is 42.8 Å². The Morgan fingerprint density at radius 1 is 0.857 bits per heavy atom. The summed E-state index contributed by atoms with van der Waals surface area (Å²) in [5, 5.41) is 16.2. The standard InChI is InChI=1S/C4H10O2.Na/c5-3-1-2-4-6;/h5-6H,1-4H2;. The van der Waals surface area contributed by atoms with Crippen molar-refractivity contribution in [3.63, 3.8) is 0 Å². The smallest absolute Gasteiger partial charge is 0.0431 e. The largest absolute Gasteiger partial charge is 0.396 e. The van der Waals surface area contributed by atoms with Gasteiger partial charge in [-0.2, -0.15) is 0 Å². The average molecular weight is 113 g/mol. The topological polar surface area (TPSA) is 40.5 Å². The molecule has 0 spiro atoms. The summed E-state index contributed by atoms with van der Waals surface area (Å²) in [6, 6.07) is 0. The molecule has 3 heteroatoms. The minimum Gasteiger partial charge on any atom is -0.396 e. The zero-order valence-corrected chi connectivity index (χ0v) is 6.72. The van der Waals surface area contributed by atoms with E-state index in [4.69, 9.17) is 10.2 Å². The third kappa shape index (κ3) is 10.9. The minimum atomic E-state index is 0. The molecule has 1 radical (unpaired) electrons. The molecule has 7 heavy (non-hydrogen) atoms. The minimum absolute atomic E-state index is 0. The predicted molar refractivity (Wildman–Crippen MR) is 29.2 cm³/mol. The Morgan fingerprint density at radius 3 is 1.29 bits per heavy atom. The summed E-state index contributed by atoms with van der Waals surface area (Å²) in [5.41, 5.74) is 0. The van der Waals surface area contributed by atoms with Crippen molar-refractivity contribution < 1.29 is 10.2 Å². The van der Waals surface area contributed by atoms with E-state index < -0.39 is 0 Å². The van der Waals surface area contributed by atoms with E-state index in [1.807, 2.05) is 0 Å². The Kier molecular flexibility index (Phi) is 15.5. The molecular formula is C4H10NaO2. The first-order chi connectivity index (χ1) is 2.91. The van der Waals surface area contributed by atoms with E-state index in [9.17, 15) is 0 Å². The Morgan fingerprint density at radius 2 is 1.14 bits per heavy atom. The van der Waals surface area contributed by atoms with Crippen LogP contribution in [0.5, 0.6) is 0 Å². The average Bonchev–Trinajstić information content (AvgIpc) is 1.61. The molecule has 0 saturated carbocycles. The van der Waals surface area contributed by atoms with Crippen molar-refractivity contribution >= 4 is 29.6 Å². The molecule has 0 aromatic heterocycles. The van der Waals surface area contributed by atoms with Crippen LogP contribution in [0.3, 0.4) is 0 Å². The van der Waals surface area contributed by atoms with Crippen LogP contribution in [0.2, 0.25) is 0 Å². The van der Waals surface area contributed by atoms with Gasteiger partial charge in [-0.15, -0.1) is 0 Å². The van der Waals surface area contributed by atoms with Crippen LogP contribution >= 0.6 is 0 Å². The van der Waals surface area contributed by atoms with Crippen LogP contribution < -0.4 is 0 Å². The van der Waals surface area contributed by atoms with Gasteiger partial charge < -0.3 is 10.2 Å². The first-order valence-corrected chi connectivity index (χ1v) is 2.13. The normalized spacial score (nSPS) is 7.71. The van der Waals surface area contributed by atoms with Gasteiger partial charge in [-0.25, -0.2) is 0 Å². The van der Waals surface area contributed by atoms with E-state index in [2.05, 4.69) is 0 Å². The molecule has 0 heterocycles.